The van der Waals surface area contributed by atoms with E-state index in [1.807, 2.05) is 0 Å². The van der Waals surface area contributed by atoms with Gasteiger partial charge >= 0.3 is 0 Å². The molecular weight excluding hydrogens is 260 g/mol. The van der Waals surface area contributed by atoms with Crippen molar-refractivity contribution >= 4 is 23.0 Å². The molecular formula is C11H15F2N3OS. The third-order valence-electron chi connectivity index (χ3n) is 2.28. The topological polar surface area (TPSA) is 51.4 Å². The Hall–Kier alpha value is -1.34. The summed E-state index contributed by atoms with van der Waals surface area (Å²) in [5.41, 5.74) is 5.41. The van der Waals surface area contributed by atoms with E-state index in [4.69, 9.17) is 22.7 Å². The van der Waals surface area contributed by atoms with Crippen molar-refractivity contribution in [3.05, 3.63) is 23.9 Å². The van der Waals surface area contributed by atoms with E-state index in [-0.39, 0.29) is 5.82 Å². The second kappa shape index (κ2) is 7.17. The number of anilines is 1. The standard InChI is InChI=1S/C11H15F2N3OS/c1-17-5-4-16(3-2-10(14)18)11-9(13)6-8(12)7-15-11/h6-7H,2-5H2,1H3,(H2,14,18). The molecule has 4 nitrogen and oxygen atoms in total. The summed E-state index contributed by atoms with van der Waals surface area (Å²) in [7, 11) is 1.54. The van der Waals surface area contributed by atoms with Gasteiger partial charge in [-0.15, -0.1) is 0 Å². The molecule has 0 bridgehead atoms. The molecule has 0 saturated carbocycles. The molecule has 0 radical (unpaired) electrons. The fraction of sp³-hybridized carbons (Fsp3) is 0.455. The molecule has 0 amide bonds. The Morgan fingerprint density at radius 1 is 1.50 bits per heavy atom. The quantitative estimate of drug-likeness (QED) is 0.764. The van der Waals surface area contributed by atoms with Gasteiger partial charge in [0.1, 0.15) is 5.82 Å². The molecule has 18 heavy (non-hydrogen) atoms. The fourth-order valence-corrected chi connectivity index (χ4v) is 1.50. The maximum Gasteiger partial charge on any atom is 0.168 e. The number of aromatic nitrogens is 1. The van der Waals surface area contributed by atoms with Crippen LogP contribution in [0.5, 0.6) is 0 Å². The number of halogens is 2. The van der Waals surface area contributed by atoms with Crippen LogP contribution in [0, 0.1) is 11.6 Å². The van der Waals surface area contributed by atoms with E-state index in [1.54, 1.807) is 12.0 Å². The molecule has 1 aromatic rings. The van der Waals surface area contributed by atoms with Crippen molar-refractivity contribution in [2.24, 2.45) is 5.73 Å². The minimum atomic E-state index is -0.714. The summed E-state index contributed by atoms with van der Waals surface area (Å²) < 4.78 is 31.3. The van der Waals surface area contributed by atoms with E-state index >= 15 is 0 Å². The monoisotopic (exact) mass is 275 g/mol. The zero-order valence-electron chi connectivity index (χ0n) is 10.0. The van der Waals surface area contributed by atoms with Crippen molar-refractivity contribution in [3.63, 3.8) is 0 Å². The average Bonchev–Trinajstić information content (AvgIpc) is 2.30. The van der Waals surface area contributed by atoms with Gasteiger partial charge in [-0.3, -0.25) is 0 Å². The van der Waals surface area contributed by atoms with Gasteiger partial charge in [0, 0.05) is 32.7 Å². The van der Waals surface area contributed by atoms with Gasteiger partial charge in [0.05, 0.1) is 17.8 Å². The van der Waals surface area contributed by atoms with Gasteiger partial charge in [0.15, 0.2) is 11.6 Å². The number of pyridine rings is 1. The molecule has 0 unspecified atom stereocenters. The van der Waals surface area contributed by atoms with Crippen LogP contribution in [0.4, 0.5) is 14.6 Å². The number of nitrogens with two attached hydrogens (primary N) is 1. The molecule has 0 aliphatic carbocycles. The zero-order chi connectivity index (χ0) is 13.5. The number of thiocarbonyl (C=S) groups is 1. The highest BCUT2D eigenvalue weighted by Crippen LogP contribution is 2.16. The first kappa shape index (κ1) is 14.7. The van der Waals surface area contributed by atoms with Crippen molar-refractivity contribution < 1.29 is 13.5 Å². The first-order chi connectivity index (χ1) is 8.54. The van der Waals surface area contributed by atoms with E-state index in [0.29, 0.717) is 31.1 Å². The molecule has 0 aliphatic heterocycles. The fourth-order valence-electron chi connectivity index (χ4n) is 1.41. The smallest absolute Gasteiger partial charge is 0.168 e. The molecule has 1 rings (SSSR count). The lowest BCUT2D eigenvalue weighted by atomic mass is 10.3. The predicted molar refractivity (Wildman–Crippen MR) is 69.6 cm³/mol. The van der Waals surface area contributed by atoms with E-state index in [2.05, 4.69) is 4.98 Å². The maximum atomic E-state index is 13.6. The summed E-state index contributed by atoms with van der Waals surface area (Å²) in [4.78, 5) is 5.70. The van der Waals surface area contributed by atoms with Crippen LogP contribution in [0.3, 0.4) is 0 Å². The van der Waals surface area contributed by atoms with Crippen LogP contribution < -0.4 is 10.6 Å². The van der Waals surface area contributed by atoms with Crippen LogP contribution in [0.1, 0.15) is 6.42 Å². The number of ether oxygens (including phenoxy) is 1. The first-order valence-corrected chi connectivity index (χ1v) is 5.78. The number of nitrogens with zero attached hydrogens (tertiary/aromatic N) is 2. The van der Waals surface area contributed by atoms with Gasteiger partial charge in [-0.05, 0) is 0 Å². The summed E-state index contributed by atoms with van der Waals surface area (Å²) in [6, 6.07) is 0.795. The van der Waals surface area contributed by atoms with Gasteiger partial charge in [-0.2, -0.15) is 0 Å². The Bertz CT molecular complexity index is 417. The van der Waals surface area contributed by atoms with Crippen LogP contribution in [-0.4, -0.2) is 36.8 Å². The number of hydrogen-bond donors (Lipinski definition) is 1. The van der Waals surface area contributed by atoms with Crippen molar-refractivity contribution in [1.29, 1.82) is 0 Å². The van der Waals surface area contributed by atoms with Crippen molar-refractivity contribution in [3.8, 4) is 0 Å². The highest BCUT2D eigenvalue weighted by molar-refractivity contribution is 7.80. The summed E-state index contributed by atoms with van der Waals surface area (Å²) in [6.45, 7) is 1.23. The molecule has 1 aromatic heterocycles. The molecule has 100 valence electrons. The summed E-state index contributed by atoms with van der Waals surface area (Å²) >= 11 is 4.78. The zero-order valence-corrected chi connectivity index (χ0v) is 10.8. The van der Waals surface area contributed by atoms with E-state index in [1.165, 1.54) is 0 Å². The lowest BCUT2D eigenvalue weighted by Crippen LogP contribution is -2.32. The molecule has 0 aliphatic rings. The Morgan fingerprint density at radius 2 is 2.22 bits per heavy atom. The third-order valence-corrected chi connectivity index (χ3v) is 2.49. The Labute approximate surface area is 110 Å². The number of hydrogen-bond acceptors (Lipinski definition) is 4. The second-order valence-electron chi connectivity index (χ2n) is 3.66. The Balaban J connectivity index is 2.82. The molecule has 0 aromatic carbocycles. The third kappa shape index (κ3) is 4.50. The van der Waals surface area contributed by atoms with E-state index in [9.17, 15) is 8.78 Å². The molecule has 0 saturated heterocycles. The Morgan fingerprint density at radius 3 is 2.78 bits per heavy atom. The van der Waals surface area contributed by atoms with E-state index in [0.717, 1.165) is 12.3 Å². The Kier molecular flexibility index (Phi) is 5.87. The van der Waals surface area contributed by atoms with Gasteiger partial charge in [0.25, 0.3) is 0 Å². The molecule has 1 heterocycles. The molecule has 0 atom stereocenters. The SMILES string of the molecule is COCCN(CCC(N)=S)c1ncc(F)cc1F. The highest BCUT2D eigenvalue weighted by Gasteiger charge is 2.14. The normalized spacial score (nSPS) is 10.4. The summed E-state index contributed by atoms with van der Waals surface area (Å²) in [5.74, 6) is -1.35. The predicted octanol–water partition coefficient (Wildman–Crippen LogP) is 1.49. The largest absolute Gasteiger partial charge is 0.393 e. The molecule has 0 fully saturated rings. The van der Waals surface area contributed by atoms with Crippen molar-refractivity contribution in [1.82, 2.24) is 4.98 Å². The van der Waals surface area contributed by atoms with Gasteiger partial charge < -0.3 is 15.4 Å². The number of methoxy groups -OCH3 is 1. The van der Waals surface area contributed by atoms with Crippen LogP contribution in [-0.2, 0) is 4.74 Å². The van der Waals surface area contributed by atoms with Gasteiger partial charge in [-0.25, -0.2) is 13.8 Å². The molecule has 7 heteroatoms. The minimum Gasteiger partial charge on any atom is -0.393 e. The average molecular weight is 275 g/mol. The highest BCUT2D eigenvalue weighted by atomic mass is 32.1. The van der Waals surface area contributed by atoms with Crippen LogP contribution in [0.15, 0.2) is 12.3 Å². The molecule has 2 N–H and O–H groups in total. The second-order valence-corrected chi connectivity index (χ2v) is 4.18. The van der Waals surface area contributed by atoms with Crippen molar-refractivity contribution in [2.75, 3.05) is 31.7 Å². The maximum absolute atomic E-state index is 13.6. The van der Waals surface area contributed by atoms with Crippen LogP contribution in [0.2, 0.25) is 0 Å². The minimum absolute atomic E-state index is 0.0738. The molecule has 0 spiro atoms. The van der Waals surface area contributed by atoms with Gasteiger partial charge in [0.2, 0.25) is 0 Å². The van der Waals surface area contributed by atoms with Crippen LogP contribution >= 0.6 is 12.2 Å². The van der Waals surface area contributed by atoms with E-state index < -0.39 is 11.6 Å². The number of rotatable bonds is 7. The lowest BCUT2D eigenvalue weighted by Gasteiger charge is -2.23. The summed E-state index contributed by atoms with van der Waals surface area (Å²) in [6.07, 6.45) is 1.40. The van der Waals surface area contributed by atoms with Crippen LogP contribution in [0.25, 0.3) is 0 Å². The van der Waals surface area contributed by atoms with Gasteiger partial charge in [-0.1, -0.05) is 12.2 Å². The summed E-state index contributed by atoms with van der Waals surface area (Å²) in [5, 5.41) is 0. The lowest BCUT2D eigenvalue weighted by molar-refractivity contribution is 0.205. The first-order valence-electron chi connectivity index (χ1n) is 5.38. The van der Waals surface area contributed by atoms with Crippen molar-refractivity contribution in [2.45, 2.75) is 6.42 Å².